The second kappa shape index (κ2) is 6.11. The molecule has 0 aliphatic carbocycles. The minimum atomic E-state index is -3.68. The van der Waals surface area contributed by atoms with Gasteiger partial charge in [0.15, 0.2) is 0 Å². The number of rotatable bonds is 5. The van der Waals surface area contributed by atoms with Gasteiger partial charge in [0.25, 0.3) is 0 Å². The molecule has 7 heteroatoms. The molecule has 1 aromatic carbocycles. The first-order valence-corrected chi connectivity index (χ1v) is 7.91. The standard InChI is InChI=1S/C13H18ClNO4S/c1-13(2,3)6-7-15-20(18,19)9-4-5-10(12(16)17)11(14)8-9/h4-5,8,15H,6-7H2,1-3H3,(H,16,17). The summed E-state index contributed by atoms with van der Waals surface area (Å²) in [4.78, 5) is 10.8. The second-order valence-corrected chi connectivity index (χ2v) is 7.83. The van der Waals surface area contributed by atoms with E-state index >= 15 is 0 Å². The third kappa shape index (κ3) is 4.77. The molecule has 0 radical (unpaired) electrons. The van der Waals surface area contributed by atoms with E-state index in [4.69, 9.17) is 16.7 Å². The molecular weight excluding hydrogens is 302 g/mol. The Bertz CT molecular complexity index is 605. The van der Waals surface area contributed by atoms with Crippen molar-refractivity contribution in [3.8, 4) is 0 Å². The Morgan fingerprint density at radius 3 is 2.40 bits per heavy atom. The Morgan fingerprint density at radius 2 is 1.95 bits per heavy atom. The Hall–Kier alpha value is -1.11. The van der Waals surface area contributed by atoms with Gasteiger partial charge in [-0.05, 0) is 30.0 Å². The van der Waals surface area contributed by atoms with Crippen molar-refractivity contribution in [3.63, 3.8) is 0 Å². The van der Waals surface area contributed by atoms with Gasteiger partial charge in [-0.3, -0.25) is 0 Å². The number of aromatic carboxylic acids is 1. The van der Waals surface area contributed by atoms with Crippen molar-refractivity contribution in [2.75, 3.05) is 6.54 Å². The summed E-state index contributed by atoms with van der Waals surface area (Å²) in [5, 5.41) is 8.74. The van der Waals surface area contributed by atoms with E-state index in [2.05, 4.69) is 4.72 Å². The minimum Gasteiger partial charge on any atom is -0.478 e. The molecule has 0 aliphatic heterocycles. The molecule has 112 valence electrons. The maximum Gasteiger partial charge on any atom is 0.337 e. The number of hydrogen-bond acceptors (Lipinski definition) is 3. The zero-order chi connectivity index (χ0) is 15.6. The maximum atomic E-state index is 12.0. The third-order valence-electron chi connectivity index (χ3n) is 2.65. The fraction of sp³-hybridized carbons (Fsp3) is 0.462. The molecule has 0 unspecified atom stereocenters. The van der Waals surface area contributed by atoms with Gasteiger partial charge < -0.3 is 5.11 Å². The van der Waals surface area contributed by atoms with Crippen LogP contribution in [-0.4, -0.2) is 26.0 Å². The van der Waals surface area contributed by atoms with Gasteiger partial charge in [-0.15, -0.1) is 0 Å². The average Bonchev–Trinajstić information content (AvgIpc) is 2.26. The zero-order valence-corrected chi connectivity index (χ0v) is 13.2. The molecule has 0 bridgehead atoms. The highest BCUT2D eigenvalue weighted by Crippen LogP contribution is 2.22. The largest absolute Gasteiger partial charge is 0.478 e. The van der Waals surface area contributed by atoms with Gasteiger partial charge in [-0.25, -0.2) is 17.9 Å². The highest BCUT2D eigenvalue weighted by molar-refractivity contribution is 7.89. The lowest BCUT2D eigenvalue weighted by Crippen LogP contribution is -2.27. The van der Waals surface area contributed by atoms with E-state index in [1.807, 2.05) is 20.8 Å². The van der Waals surface area contributed by atoms with Gasteiger partial charge in [0.05, 0.1) is 15.5 Å². The highest BCUT2D eigenvalue weighted by atomic mass is 35.5. The van der Waals surface area contributed by atoms with Crippen LogP contribution in [0.4, 0.5) is 0 Å². The molecule has 20 heavy (non-hydrogen) atoms. The molecule has 0 spiro atoms. The van der Waals surface area contributed by atoms with E-state index < -0.39 is 16.0 Å². The van der Waals surface area contributed by atoms with Gasteiger partial charge in [0.1, 0.15) is 0 Å². The lowest BCUT2D eigenvalue weighted by atomic mass is 9.93. The Morgan fingerprint density at radius 1 is 1.35 bits per heavy atom. The van der Waals surface area contributed by atoms with Crippen molar-refractivity contribution in [1.82, 2.24) is 4.72 Å². The summed E-state index contributed by atoms with van der Waals surface area (Å²) in [7, 11) is -3.68. The topological polar surface area (TPSA) is 83.5 Å². The first-order valence-electron chi connectivity index (χ1n) is 6.05. The SMILES string of the molecule is CC(C)(C)CCNS(=O)(=O)c1ccc(C(=O)O)c(Cl)c1. The van der Waals surface area contributed by atoms with Gasteiger partial charge in [-0.1, -0.05) is 32.4 Å². The van der Waals surface area contributed by atoms with E-state index in [0.717, 1.165) is 6.07 Å². The molecule has 0 fully saturated rings. The van der Waals surface area contributed by atoms with Crippen LogP contribution in [0.15, 0.2) is 23.1 Å². The maximum absolute atomic E-state index is 12.0. The van der Waals surface area contributed by atoms with Crippen LogP contribution in [0.1, 0.15) is 37.6 Å². The molecule has 0 aliphatic rings. The Kier molecular flexibility index (Phi) is 5.18. The summed E-state index contributed by atoms with van der Waals surface area (Å²) in [5.74, 6) is -1.19. The fourth-order valence-corrected chi connectivity index (χ4v) is 2.86. The summed E-state index contributed by atoms with van der Waals surface area (Å²) in [6, 6.07) is 3.56. The van der Waals surface area contributed by atoms with Crippen LogP contribution >= 0.6 is 11.6 Å². The second-order valence-electron chi connectivity index (χ2n) is 5.66. The van der Waals surface area contributed by atoms with Crippen molar-refractivity contribution in [1.29, 1.82) is 0 Å². The average molecular weight is 320 g/mol. The van der Waals surface area contributed by atoms with Crippen LogP contribution in [0.5, 0.6) is 0 Å². The number of nitrogens with one attached hydrogen (secondary N) is 1. The predicted octanol–water partition coefficient (Wildman–Crippen LogP) is 2.75. The molecule has 0 heterocycles. The summed E-state index contributed by atoms with van der Waals surface area (Å²) in [6.07, 6.45) is 0.688. The van der Waals surface area contributed by atoms with Gasteiger partial charge in [0, 0.05) is 6.54 Å². The van der Waals surface area contributed by atoms with E-state index in [-0.39, 0.29) is 20.9 Å². The van der Waals surface area contributed by atoms with Crippen LogP contribution in [0.25, 0.3) is 0 Å². The van der Waals surface area contributed by atoms with Crippen LogP contribution < -0.4 is 4.72 Å². The van der Waals surface area contributed by atoms with E-state index in [0.29, 0.717) is 13.0 Å². The van der Waals surface area contributed by atoms with E-state index in [1.165, 1.54) is 12.1 Å². The van der Waals surface area contributed by atoms with Crippen molar-refractivity contribution < 1.29 is 18.3 Å². The molecule has 0 saturated heterocycles. The molecule has 0 saturated carbocycles. The normalized spacial score (nSPS) is 12.4. The van der Waals surface area contributed by atoms with Crippen molar-refractivity contribution in [2.45, 2.75) is 32.1 Å². The van der Waals surface area contributed by atoms with Gasteiger partial charge >= 0.3 is 5.97 Å². The number of carboxylic acid groups (broad SMARTS) is 1. The predicted molar refractivity (Wildman–Crippen MR) is 77.7 cm³/mol. The molecule has 0 atom stereocenters. The number of halogens is 1. The van der Waals surface area contributed by atoms with Crippen molar-refractivity contribution >= 4 is 27.6 Å². The van der Waals surface area contributed by atoms with E-state index in [1.54, 1.807) is 0 Å². The summed E-state index contributed by atoms with van der Waals surface area (Å²) < 4.78 is 26.5. The fourth-order valence-electron chi connectivity index (χ4n) is 1.48. The molecule has 2 N–H and O–H groups in total. The first kappa shape index (κ1) is 16.9. The van der Waals surface area contributed by atoms with Crippen LogP contribution in [0, 0.1) is 5.41 Å². The number of hydrogen-bond donors (Lipinski definition) is 2. The number of carbonyl (C=O) groups is 1. The van der Waals surface area contributed by atoms with Gasteiger partial charge in [-0.2, -0.15) is 0 Å². The smallest absolute Gasteiger partial charge is 0.337 e. The van der Waals surface area contributed by atoms with Crippen molar-refractivity contribution in [2.24, 2.45) is 5.41 Å². The Balaban J connectivity index is 2.88. The number of carboxylic acids is 1. The summed E-state index contributed by atoms with van der Waals surface area (Å²) in [5.41, 5.74) is -0.104. The minimum absolute atomic E-state index is 0.0212. The third-order valence-corrected chi connectivity index (χ3v) is 4.42. The van der Waals surface area contributed by atoms with Gasteiger partial charge in [0.2, 0.25) is 10.0 Å². The monoisotopic (exact) mass is 319 g/mol. The Labute approximate surface area is 124 Å². The quantitative estimate of drug-likeness (QED) is 0.874. The first-order chi connectivity index (χ1) is 9.03. The lowest BCUT2D eigenvalue weighted by molar-refractivity contribution is 0.0697. The summed E-state index contributed by atoms with van der Waals surface area (Å²) >= 11 is 5.76. The lowest BCUT2D eigenvalue weighted by Gasteiger charge is -2.18. The summed E-state index contributed by atoms with van der Waals surface area (Å²) in [6.45, 7) is 6.35. The molecular formula is C13H18ClNO4S. The van der Waals surface area contributed by atoms with Crippen molar-refractivity contribution in [3.05, 3.63) is 28.8 Å². The number of benzene rings is 1. The molecule has 1 rings (SSSR count). The molecule has 1 aromatic rings. The van der Waals surface area contributed by atoms with Crippen LogP contribution in [0.3, 0.4) is 0 Å². The number of sulfonamides is 1. The highest BCUT2D eigenvalue weighted by Gasteiger charge is 2.18. The molecule has 5 nitrogen and oxygen atoms in total. The van der Waals surface area contributed by atoms with Crippen LogP contribution in [0.2, 0.25) is 5.02 Å². The molecule has 0 amide bonds. The molecule has 0 aromatic heterocycles. The van der Waals surface area contributed by atoms with Crippen LogP contribution in [-0.2, 0) is 10.0 Å². The zero-order valence-electron chi connectivity index (χ0n) is 11.6. The van der Waals surface area contributed by atoms with E-state index in [9.17, 15) is 13.2 Å².